The van der Waals surface area contributed by atoms with Crippen LogP contribution in [0.1, 0.15) is 25.5 Å². The summed E-state index contributed by atoms with van der Waals surface area (Å²) in [5.74, 6) is 1.40. The number of nitrogens with zero attached hydrogens (tertiary/aromatic N) is 1. The first-order chi connectivity index (χ1) is 10.5. The zero-order chi connectivity index (χ0) is 16.3. The summed E-state index contributed by atoms with van der Waals surface area (Å²) in [4.78, 5) is 12.6. The standard InChI is InChI=1S/C17H22N2O3/c1-5-19-15(8-7-13(11(2)18)17(19)20)14-10-12(21-3)6-9-16(14)22-4/h6-11H,5,18H2,1-4H3. The second-order valence-electron chi connectivity index (χ2n) is 5.08. The van der Waals surface area contributed by atoms with Gasteiger partial charge in [-0.1, -0.05) is 0 Å². The minimum absolute atomic E-state index is 0.0696. The maximum absolute atomic E-state index is 12.6. The van der Waals surface area contributed by atoms with Crippen LogP contribution in [0, 0.1) is 0 Å². The molecule has 0 fully saturated rings. The van der Waals surface area contributed by atoms with Crippen molar-refractivity contribution in [1.29, 1.82) is 0 Å². The van der Waals surface area contributed by atoms with Gasteiger partial charge in [0, 0.05) is 23.7 Å². The summed E-state index contributed by atoms with van der Waals surface area (Å²) in [6.07, 6.45) is 0. The van der Waals surface area contributed by atoms with Gasteiger partial charge in [0.15, 0.2) is 0 Å². The monoisotopic (exact) mass is 302 g/mol. The molecular weight excluding hydrogens is 280 g/mol. The molecule has 1 heterocycles. The summed E-state index contributed by atoms with van der Waals surface area (Å²) in [5.41, 5.74) is 8.01. The van der Waals surface area contributed by atoms with E-state index in [4.69, 9.17) is 15.2 Å². The van der Waals surface area contributed by atoms with E-state index in [0.717, 1.165) is 11.3 Å². The minimum atomic E-state index is -0.299. The lowest BCUT2D eigenvalue weighted by Gasteiger charge is -2.17. The molecule has 0 saturated carbocycles. The van der Waals surface area contributed by atoms with E-state index in [9.17, 15) is 4.79 Å². The van der Waals surface area contributed by atoms with Crippen molar-refractivity contribution in [3.8, 4) is 22.8 Å². The molecule has 2 N–H and O–H groups in total. The first-order valence-electron chi connectivity index (χ1n) is 7.25. The molecule has 1 unspecified atom stereocenters. The fourth-order valence-corrected chi connectivity index (χ4v) is 2.51. The van der Waals surface area contributed by atoms with Gasteiger partial charge in [-0.2, -0.15) is 0 Å². The van der Waals surface area contributed by atoms with Gasteiger partial charge >= 0.3 is 0 Å². The molecule has 5 nitrogen and oxygen atoms in total. The third-order valence-electron chi connectivity index (χ3n) is 3.69. The first-order valence-corrected chi connectivity index (χ1v) is 7.25. The number of hydrogen-bond acceptors (Lipinski definition) is 4. The van der Waals surface area contributed by atoms with Crippen LogP contribution in [-0.2, 0) is 6.54 Å². The summed E-state index contributed by atoms with van der Waals surface area (Å²) >= 11 is 0. The quantitative estimate of drug-likeness (QED) is 0.922. The van der Waals surface area contributed by atoms with Crippen molar-refractivity contribution in [3.05, 3.63) is 46.2 Å². The van der Waals surface area contributed by atoms with Gasteiger partial charge in [0.2, 0.25) is 0 Å². The Morgan fingerprint density at radius 3 is 2.45 bits per heavy atom. The van der Waals surface area contributed by atoms with Crippen molar-refractivity contribution in [1.82, 2.24) is 4.57 Å². The van der Waals surface area contributed by atoms with Crippen LogP contribution in [0.2, 0.25) is 0 Å². The molecule has 5 heteroatoms. The molecule has 22 heavy (non-hydrogen) atoms. The molecule has 0 bridgehead atoms. The van der Waals surface area contributed by atoms with Gasteiger partial charge in [-0.25, -0.2) is 0 Å². The van der Waals surface area contributed by atoms with E-state index in [-0.39, 0.29) is 11.6 Å². The lowest BCUT2D eigenvalue weighted by molar-refractivity contribution is 0.404. The minimum Gasteiger partial charge on any atom is -0.497 e. The van der Waals surface area contributed by atoms with Gasteiger partial charge < -0.3 is 19.8 Å². The average Bonchev–Trinajstić information content (AvgIpc) is 2.53. The topological polar surface area (TPSA) is 66.5 Å². The van der Waals surface area contributed by atoms with Gasteiger partial charge in [0.25, 0.3) is 5.56 Å². The predicted molar refractivity (Wildman–Crippen MR) is 87.5 cm³/mol. The largest absolute Gasteiger partial charge is 0.497 e. The van der Waals surface area contributed by atoms with Gasteiger partial charge in [-0.3, -0.25) is 4.79 Å². The molecule has 0 amide bonds. The maximum atomic E-state index is 12.6. The molecule has 1 aromatic heterocycles. The van der Waals surface area contributed by atoms with Gasteiger partial charge in [-0.05, 0) is 44.2 Å². The number of aromatic nitrogens is 1. The van der Waals surface area contributed by atoms with E-state index >= 15 is 0 Å². The number of ether oxygens (including phenoxy) is 2. The molecule has 0 aliphatic carbocycles. The highest BCUT2D eigenvalue weighted by molar-refractivity contribution is 5.69. The Kier molecular flexibility index (Phi) is 4.88. The van der Waals surface area contributed by atoms with Crippen molar-refractivity contribution < 1.29 is 9.47 Å². The number of benzene rings is 1. The van der Waals surface area contributed by atoms with E-state index in [1.807, 2.05) is 38.1 Å². The smallest absolute Gasteiger partial charge is 0.255 e. The molecule has 1 aromatic carbocycles. The molecule has 2 rings (SSSR count). The summed E-state index contributed by atoms with van der Waals surface area (Å²) in [6.45, 7) is 4.29. The number of rotatable bonds is 5. The highest BCUT2D eigenvalue weighted by Crippen LogP contribution is 2.33. The van der Waals surface area contributed by atoms with Crippen LogP contribution < -0.4 is 20.8 Å². The van der Waals surface area contributed by atoms with Crippen LogP contribution in [0.15, 0.2) is 35.1 Å². The molecule has 0 aliphatic rings. The summed E-state index contributed by atoms with van der Waals surface area (Å²) in [7, 11) is 3.22. The Labute approximate surface area is 130 Å². The van der Waals surface area contributed by atoms with E-state index in [0.29, 0.717) is 23.6 Å². The Hall–Kier alpha value is -2.27. The van der Waals surface area contributed by atoms with Crippen LogP contribution >= 0.6 is 0 Å². The van der Waals surface area contributed by atoms with Crippen LogP contribution in [-0.4, -0.2) is 18.8 Å². The van der Waals surface area contributed by atoms with E-state index in [2.05, 4.69) is 0 Å². The van der Waals surface area contributed by atoms with Gasteiger partial charge in [0.05, 0.1) is 19.9 Å². The first kappa shape index (κ1) is 16.1. The molecule has 0 spiro atoms. The number of methoxy groups -OCH3 is 2. The van der Waals surface area contributed by atoms with Gasteiger partial charge in [0.1, 0.15) is 11.5 Å². The van der Waals surface area contributed by atoms with Crippen molar-refractivity contribution in [3.63, 3.8) is 0 Å². The van der Waals surface area contributed by atoms with Gasteiger partial charge in [-0.15, -0.1) is 0 Å². The highest BCUT2D eigenvalue weighted by Gasteiger charge is 2.15. The molecule has 1 atom stereocenters. The van der Waals surface area contributed by atoms with Crippen molar-refractivity contribution in [2.75, 3.05) is 14.2 Å². The fourth-order valence-electron chi connectivity index (χ4n) is 2.51. The van der Waals surface area contributed by atoms with Crippen molar-refractivity contribution in [2.24, 2.45) is 5.73 Å². The fraction of sp³-hybridized carbons (Fsp3) is 0.353. The zero-order valence-corrected chi connectivity index (χ0v) is 13.4. The molecule has 0 saturated heterocycles. The molecular formula is C17H22N2O3. The van der Waals surface area contributed by atoms with E-state index in [1.54, 1.807) is 24.9 Å². The third kappa shape index (κ3) is 2.85. The summed E-state index contributed by atoms with van der Waals surface area (Å²) in [5, 5.41) is 0. The predicted octanol–water partition coefficient (Wildman–Crippen LogP) is 2.57. The maximum Gasteiger partial charge on any atom is 0.255 e. The third-order valence-corrected chi connectivity index (χ3v) is 3.69. The normalized spacial score (nSPS) is 12.0. The highest BCUT2D eigenvalue weighted by atomic mass is 16.5. The molecule has 0 radical (unpaired) electrons. The Morgan fingerprint density at radius 1 is 1.18 bits per heavy atom. The van der Waals surface area contributed by atoms with Crippen LogP contribution in [0.25, 0.3) is 11.3 Å². The summed E-state index contributed by atoms with van der Waals surface area (Å²) in [6, 6.07) is 8.91. The molecule has 0 aliphatic heterocycles. The molecule has 2 aromatic rings. The second-order valence-corrected chi connectivity index (χ2v) is 5.08. The van der Waals surface area contributed by atoms with Crippen LogP contribution in [0.4, 0.5) is 0 Å². The molecule has 118 valence electrons. The Morgan fingerprint density at radius 2 is 1.91 bits per heavy atom. The van der Waals surface area contributed by atoms with E-state index < -0.39 is 0 Å². The Balaban J connectivity index is 2.72. The average molecular weight is 302 g/mol. The Bertz CT molecular complexity index is 720. The van der Waals surface area contributed by atoms with Crippen LogP contribution in [0.3, 0.4) is 0 Å². The van der Waals surface area contributed by atoms with Crippen LogP contribution in [0.5, 0.6) is 11.5 Å². The van der Waals surface area contributed by atoms with E-state index in [1.165, 1.54) is 0 Å². The number of pyridine rings is 1. The lowest BCUT2D eigenvalue weighted by atomic mass is 10.1. The van der Waals surface area contributed by atoms with Crippen molar-refractivity contribution in [2.45, 2.75) is 26.4 Å². The summed E-state index contributed by atoms with van der Waals surface area (Å²) < 4.78 is 12.4. The van der Waals surface area contributed by atoms with Crippen molar-refractivity contribution >= 4 is 0 Å². The number of nitrogens with two attached hydrogens (primary N) is 1. The second kappa shape index (κ2) is 6.66. The SMILES string of the molecule is CCn1c(-c2cc(OC)ccc2OC)ccc(C(C)N)c1=O. The lowest BCUT2D eigenvalue weighted by Crippen LogP contribution is -2.27. The zero-order valence-electron chi connectivity index (χ0n) is 13.4. The number of hydrogen-bond donors (Lipinski definition) is 1.